The molecule has 0 aliphatic rings. The van der Waals surface area contributed by atoms with E-state index < -0.39 is 23.3 Å². The average molecular weight is 356 g/mol. The largest absolute Gasteiger partial charge is 0.504 e. The van der Waals surface area contributed by atoms with Crippen LogP contribution in [0.5, 0.6) is 0 Å². The molecule has 0 atom stereocenters. The van der Waals surface area contributed by atoms with Gasteiger partial charge in [0.1, 0.15) is 17.8 Å². The number of aromatic nitrogens is 4. The van der Waals surface area contributed by atoms with E-state index >= 15 is 0 Å². The molecule has 0 amide bonds. The zero-order valence-electron chi connectivity index (χ0n) is 13.3. The number of aromatic carboxylic acids is 1. The second-order valence-electron chi connectivity index (χ2n) is 5.36. The van der Waals surface area contributed by atoms with Crippen LogP contribution in [0.4, 0.5) is 4.39 Å². The standard InChI is InChI=1S/C17H13FN4O4/c18-12-4-2-1-3-10(12)7-22-8-11(5-13(22)17(25)26)14(23)6-15(24)16-19-9-20-21-16/h1-6,8-9,24H,7H2,(H,25,26)(H,19,20,21). The number of carbonyl (C=O) groups is 2. The van der Waals surface area contributed by atoms with Crippen molar-refractivity contribution in [3.8, 4) is 0 Å². The molecular formula is C17H13FN4O4. The molecule has 9 heteroatoms. The van der Waals surface area contributed by atoms with Crippen LogP contribution in [0.1, 0.15) is 32.2 Å². The number of hydrogen-bond acceptors (Lipinski definition) is 5. The maximum atomic E-state index is 13.8. The Morgan fingerprint density at radius 2 is 2.04 bits per heavy atom. The van der Waals surface area contributed by atoms with E-state index in [1.165, 1.54) is 35.3 Å². The summed E-state index contributed by atoms with van der Waals surface area (Å²) in [6.45, 7) is -0.0573. The maximum absolute atomic E-state index is 13.8. The van der Waals surface area contributed by atoms with E-state index in [9.17, 15) is 24.2 Å². The monoisotopic (exact) mass is 356 g/mol. The second-order valence-corrected chi connectivity index (χ2v) is 5.36. The zero-order valence-corrected chi connectivity index (χ0v) is 13.3. The van der Waals surface area contributed by atoms with E-state index in [4.69, 9.17) is 0 Å². The lowest BCUT2D eigenvalue weighted by Gasteiger charge is -2.07. The first-order chi connectivity index (χ1) is 12.5. The number of nitrogens with zero attached hydrogens (tertiary/aromatic N) is 3. The van der Waals surface area contributed by atoms with Crippen molar-refractivity contribution in [3.05, 3.63) is 77.4 Å². The fourth-order valence-corrected chi connectivity index (χ4v) is 2.37. The van der Waals surface area contributed by atoms with Gasteiger partial charge in [0.15, 0.2) is 11.5 Å². The topological polar surface area (TPSA) is 121 Å². The maximum Gasteiger partial charge on any atom is 0.352 e. The molecule has 132 valence electrons. The lowest BCUT2D eigenvalue weighted by Crippen LogP contribution is -2.09. The molecule has 26 heavy (non-hydrogen) atoms. The number of aliphatic hydroxyl groups is 1. The van der Waals surface area contributed by atoms with Crippen LogP contribution in [0.3, 0.4) is 0 Å². The van der Waals surface area contributed by atoms with Crippen molar-refractivity contribution >= 4 is 17.5 Å². The van der Waals surface area contributed by atoms with Crippen molar-refractivity contribution in [2.75, 3.05) is 0 Å². The fourth-order valence-electron chi connectivity index (χ4n) is 2.37. The molecule has 0 fully saturated rings. The van der Waals surface area contributed by atoms with Gasteiger partial charge in [0.05, 0.1) is 6.54 Å². The number of carbonyl (C=O) groups excluding carboxylic acids is 1. The van der Waals surface area contributed by atoms with Gasteiger partial charge in [0.2, 0.25) is 5.82 Å². The van der Waals surface area contributed by atoms with Crippen LogP contribution >= 0.6 is 0 Å². The van der Waals surface area contributed by atoms with Gasteiger partial charge in [-0.25, -0.2) is 14.2 Å². The minimum Gasteiger partial charge on any atom is -0.504 e. The van der Waals surface area contributed by atoms with Crippen LogP contribution in [0.2, 0.25) is 0 Å². The predicted octanol–water partition coefficient (Wildman–Crippen LogP) is 2.27. The number of carboxylic acids is 1. The van der Waals surface area contributed by atoms with E-state index in [0.29, 0.717) is 0 Å². The van der Waals surface area contributed by atoms with E-state index in [-0.39, 0.29) is 29.2 Å². The van der Waals surface area contributed by atoms with Gasteiger partial charge < -0.3 is 14.8 Å². The second kappa shape index (κ2) is 7.01. The molecule has 3 N–H and O–H groups in total. The molecule has 0 radical (unpaired) electrons. The molecule has 2 aromatic heterocycles. The third-order valence-corrected chi connectivity index (χ3v) is 3.61. The predicted molar refractivity (Wildman–Crippen MR) is 88.2 cm³/mol. The number of nitrogens with one attached hydrogen (secondary N) is 1. The van der Waals surface area contributed by atoms with Gasteiger partial charge in [0.25, 0.3) is 0 Å². The number of aromatic amines is 1. The molecule has 0 bridgehead atoms. The number of benzene rings is 1. The molecule has 3 aromatic rings. The molecule has 0 unspecified atom stereocenters. The van der Waals surface area contributed by atoms with Gasteiger partial charge in [-0.2, -0.15) is 5.10 Å². The Hall–Kier alpha value is -3.75. The Bertz CT molecular complexity index is 992. The van der Waals surface area contributed by atoms with Crippen LogP contribution in [-0.2, 0) is 6.54 Å². The summed E-state index contributed by atoms with van der Waals surface area (Å²) in [5, 5.41) is 25.2. The molecule has 0 aliphatic carbocycles. The first-order valence-corrected chi connectivity index (χ1v) is 7.43. The van der Waals surface area contributed by atoms with Crippen LogP contribution in [0.25, 0.3) is 5.76 Å². The van der Waals surface area contributed by atoms with Crippen LogP contribution in [-0.4, -0.2) is 41.7 Å². The molecule has 0 aliphatic heterocycles. The number of hydrogen-bond donors (Lipinski definition) is 3. The van der Waals surface area contributed by atoms with Crippen LogP contribution in [0.15, 0.2) is 48.9 Å². The summed E-state index contributed by atoms with van der Waals surface area (Å²) in [7, 11) is 0. The van der Waals surface area contributed by atoms with E-state index in [2.05, 4.69) is 15.2 Å². The molecule has 8 nitrogen and oxygen atoms in total. The first-order valence-electron chi connectivity index (χ1n) is 7.43. The van der Waals surface area contributed by atoms with Crippen LogP contribution < -0.4 is 0 Å². The van der Waals surface area contributed by atoms with Gasteiger partial charge >= 0.3 is 5.97 Å². The molecule has 0 saturated carbocycles. The fraction of sp³-hybridized carbons (Fsp3) is 0.0588. The van der Waals surface area contributed by atoms with Crippen molar-refractivity contribution in [1.29, 1.82) is 0 Å². The van der Waals surface area contributed by atoms with E-state index in [0.717, 1.165) is 12.1 Å². The van der Waals surface area contributed by atoms with E-state index in [1.807, 2.05) is 0 Å². The summed E-state index contributed by atoms with van der Waals surface area (Å²) in [5.74, 6) is -2.91. The van der Waals surface area contributed by atoms with Crippen molar-refractivity contribution in [2.45, 2.75) is 6.54 Å². The smallest absolute Gasteiger partial charge is 0.352 e. The SMILES string of the molecule is O=C(C=C(O)c1nc[nH]n1)c1cc(C(=O)O)n(Cc2ccccc2F)c1. The summed E-state index contributed by atoms with van der Waals surface area (Å²) in [5.41, 5.74) is 0.131. The summed E-state index contributed by atoms with van der Waals surface area (Å²) >= 11 is 0. The Morgan fingerprint density at radius 1 is 1.27 bits per heavy atom. The Labute approximate surface area is 146 Å². The summed E-state index contributed by atoms with van der Waals surface area (Å²) in [6, 6.07) is 7.11. The van der Waals surface area contributed by atoms with Crippen molar-refractivity contribution in [3.63, 3.8) is 0 Å². The Balaban J connectivity index is 1.92. The van der Waals surface area contributed by atoms with Crippen LogP contribution in [0, 0.1) is 5.82 Å². The van der Waals surface area contributed by atoms with Gasteiger partial charge in [-0.15, -0.1) is 0 Å². The van der Waals surface area contributed by atoms with Crippen molar-refractivity contribution < 1.29 is 24.2 Å². The third-order valence-electron chi connectivity index (χ3n) is 3.61. The van der Waals surface area contributed by atoms with Gasteiger partial charge in [-0.05, 0) is 12.1 Å². The van der Waals surface area contributed by atoms with Gasteiger partial charge in [0, 0.05) is 23.4 Å². The highest BCUT2D eigenvalue weighted by Gasteiger charge is 2.18. The number of H-pyrrole nitrogens is 1. The lowest BCUT2D eigenvalue weighted by molar-refractivity contribution is 0.0685. The number of allylic oxidation sites excluding steroid dienone is 1. The average Bonchev–Trinajstić information content (AvgIpc) is 3.26. The Morgan fingerprint density at radius 3 is 2.69 bits per heavy atom. The van der Waals surface area contributed by atoms with Gasteiger partial charge in [-0.1, -0.05) is 18.2 Å². The molecule has 1 aromatic carbocycles. The minimum atomic E-state index is -1.26. The van der Waals surface area contributed by atoms with E-state index in [1.54, 1.807) is 6.07 Å². The normalized spacial score (nSPS) is 11.5. The molecular weight excluding hydrogens is 343 g/mol. The Kier molecular flexibility index (Phi) is 4.61. The quantitative estimate of drug-likeness (QED) is 0.354. The van der Waals surface area contributed by atoms with Crippen molar-refractivity contribution in [2.24, 2.45) is 0 Å². The lowest BCUT2D eigenvalue weighted by atomic mass is 10.2. The van der Waals surface area contributed by atoms with Gasteiger partial charge in [-0.3, -0.25) is 9.89 Å². The van der Waals surface area contributed by atoms with Crippen molar-refractivity contribution in [1.82, 2.24) is 19.7 Å². The third kappa shape index (κ3) is 3.51. The molecule has 0 spiro atoms. The number of rotatable bonds is 6. The molecule has 2 heterocycles. The highest BCUT2D eigenvalue weighted by Crippen LogP contribution is 2.16. The summed E-state index contributed by atoms with van der Waals surface area (Å²) in [4.78, 5) is 27.4. The number of ketones is 1. The number of aliphatic hydroxyl groups excluding tert-OH is 1. The zero-order chi connectivity index (χ0) is 18.7. The summed E-state index contributed by atoms with van der Waals surface area (Å²) in [6.07, 6.45) is 3.41. The molecule has 3 rings (SSSR count). The highest BCUT2D eigenvalue weighted by molar-refractivity contribution is 6.08. The molecule has 0 saturated heterocycles. The number of carboxylic acid groups (broad SMARTS) is 1. The summed E-state index contributed by atoms with van der Waals surface area (Å²) < 4.78 is 15.1. The highest BCUT2D eigenvalue weighted by atomic mass is 19.1. The first kappa shape index (κ1) is 17.1. The number of halogens is 1. The minimum absolute atomic E-state index is 0.0285.